The zero-order chi connectivity index (χ0) is 20.0. The zero-order valence-corrected chi connectivity index (χ0v) is 19.0. The molecule has 150 valence electrons. The summed E-state index contributed by atoms with van der Waals surface area (Å²) in [5.41, 5.74) is 4.83. The molecule has 1 aliphatic rings. The van der Waals surface area contributed by atoms with Crippen molar-refractivity contribution in [2.75, 3.05) is 26.5 Å². The Kier molecular flexibility index (Phi) is 14.0. The number of fused-ring (bicyclic) bond motifs is 1. The second kappa shape index (κ2) is 14.4. The summed E-state index contributed by atoms with van der Waals surface area (Å²) < 4.78 is 0. The lowest BCUT2D eigenvalue weighted by molar-refractivity contribution is 0.258. The van der Waals surface area contributed by atoms with E-state index >= 15 is 0 Å². The van der Waals surface area contributed by atoms with E-state index in [0.29, 0.717) is 11.5 Å². The van der Waals surface area contributed by atoms with Crippen LogP contribution in [-0.4, -0.2) is 31.6 Å². The Morgan fingerprint density at radius 2 is 2.04 bits per heavy atom. The number of benzene rings is 1. The highest BCUT2D eigenvalue weighted by molar-refractivity contribution is 7.36. The molecule has 0 amide bonds. The van der Waals surface area contributed by atoms with Gasteiger partial charge < -0.3 is 10.4 Å². The summed E-state index contributed by atoms with van der Waals surface area (Å²) in [5.74, 6) is 0. The summed E-state index contributed by atoms with van der Waals surface area (Å²) in [6, 6.07) is 7.46. The van der Waals surface area contributed by atoms with Gasteiger partial charge in [0.1, 0.15) is 0 Å². The highest BCUT2D eigenvalue weighted by atomic mass is 31.1. The lowest BCUT2D eigenvalue weighted by Crippen LogP contribution is -2.33. The van der Waals surface area contributed by atoms with Crippen LogP contribution in [0.15, 0.2) is 30.9 Å². The molecule has 1 aromatic carbocycles. The molecule has 0 bridgehead atoms. The topological polar surface area (TPSA) is 32.3 Å². The molecule has 0 saturated carbocycles. The third kappa shape index (κ3) is 9.86. The van der Waals surface area contributed by atoms with Crippen LogP contribution in [0.25, 0.3) is 0 Å². The first-order chi connectivity index (χ1) is 12.4. The molecule has 2 N–H and O–H groups in total. The number of hydrogen-bond donors (Lipinski definition) is 2. The highest BCUT2D eigenvalue weighted by Gasteiger charge is 2.31. The SMILES string of the molecule is C=CCCCNC1CC(C)(C)Cc2ccc(C)cc21.CCCPC.CO. The van der Waals surface area contributed by atoms with Gasteiger partial charge in [-0.25, -0.2) is 0 Å². The summed E-state index contributed by atoms with van der Waals surface area (Å²) in [7, 11) is 2.16. The number of rotatable bonds is 7. The van der Waals surface area contributed by atoms with E-state index in [0.717, 1.165) is 28.7 Å². The van der Waals surface area contributed by atoms with Crippen LogP contribution in [0.2, 0.25) is 0 Å². The number of aliphatic hydroxyl groups is 1. The molecular weight excluding hydrogens is 337 g/mol. The molecule has 2 unspecified atom stereocenters. The Morgan fingerprint density at radius 3 is 2.58 bits per heavy atom. The first-order valence-electron chi connectivity index (χ1n) is 9.96. The van der Waals surface area contributed by atoms with Gasteiger partial charge in [-0.05, 0) is 68.5 Å². The summed E-state index contributed by atoms with van der Waals surface area (Å²) in [6.07, 6.45) is 9.50. The van der Waals surface area contributed by atoms with Gasteiger partial charge in [0.15, 0.2) is 0 Å². The standard InChI is InChI=1S/C18H27N.C4H11P.CH4O/c1-5-6-7-10-19-17-13-18(3,4)12-15-9-8-14(2)11-16(15)17;1-3-4-5-2;1-2/h5,8-9,11,17,19H,1,6-7,10,12-13H2,2-4H3;5H,3-4H2,1-2H3;2H,1H3. The van der Waals surface area contributed by atoms with Crippen molar-refractivity contribution in [3.8, 4) is 0 Å². The maximum Gasteiger partial charge on any atom is 0.0328 e. The van der Waals surface area contributed by atoms with E-state index in [9.17, 15) is 0 Å². The fourth-order valence-corrected chi connectivity index (χ4v) is 3.90. The fraction of sp³-hybridized carbons (Fsp3) is 0.652. The van der Waals surface area contributed by atoms with Crippen molar-refractivity contribution in [3.05, 3.63) is 47.5 Å². The second-order valence-electron chi connectivity index (χ2n) is 7.79. The normalized spacial score (nSPS) is 17.6. The predicted octanol–water partition coefficient (Wildman–Crippen LogP) is 5.88. The molecule has 2 rings (SSSR count). The van der Waals surface area contributed by atoms with E-state index in [2.05, 4.69) is 64.5 Å². The number of unbranched alkanes of at least 4 members (excludes halogenated alkanes) is 1. The minimum Gasteiger partial charge on any atom is -0.400 e. The molecule has 0 heterocycles. The smallest absolute Gasteiger partial charge is 0.0328 e. The summed E-state index contributed by atoms with van der Waals surface area (Å²) in [6.45, 7) is 16.3. The molecular formula is C23H42NOP. The lowest BCUT2D eigenvalue weighted by atomic mass is 9.71. The van der Waals surface area contributed by atoms with Crippen molar-refractivity contribution in [3.63, 3.8) is 0 Å². The molecule has 1 aliphatic carbocycles. The second-order valence-corrected chi connectivity index (χ2v) is 9.00. The van der Waals surface area contributed by atoms with Gasteiger partial charge in [0.25, 0.3) is 0 Å². The van der Waals surface area contributed by atoms with Crippen LogP contribution in [0.5, 0.6) is 0 Å². The van der Waals surface area contributed by atoms with Gasteiger partial charge in [0.05, 0.1) is 0 Å². The van der Waals surface area contributed by atoms with Gasteiger partial charge in [-0.2, -0.15) is 0 Å². The zero-order valence-electron chi connectivity index (χ0n) is 18.0. The maximum absolute atomic E-state index is 7.00. The summed E-state index contributed by atoms with van der Waals surface area (Å²) in [5, 5.41) is 10.7. The number of aliphatic hydroxyl groups excluding tert-OH is 1. The summed E-state index contributed by atoms with van der Waals surface area (Å²) in [4.78, 5) is 0. The van der Waals surface area contributed by atoms with Crippen LogP contribution in [0.1, 0.15) is 69.2 Å². The Bertz CT molecular complexity index is 497. The molecule has 2 atom stereocenters. The predicted molar refractivity (Wildman–Crippen MR) is 121 cm³/mol. The minimum absolute atomic E-state index is 0.401. The van der Waals surface area contributed by atoms with Gasteiger partial charge in [-0.1, -0.05) is 57.0 Å². The largest absolute Gasteiger partial charge is 0.400 e. The van der Waals surface area contributed by atoms with E-state index in [1.54, 1.807) is 0 Å². The van der Waals surface area contributed by atoms with Crippen LogP contribution in [0.3, 0.4) is 0 Å². The minimum atomic E-state index is 0.401. The van der Waals surface area contributed by atoms with E-state index < -0.39 is 0 Å². The van der Waals surface area contributed by atoms with Gasteiger partial charge in [0.2, 0.25) is 0 Å². The fourth-order valence-electron chi connectivity index (χ4n) is 3.40. The third-order valence-corrected chi connectivity index (χ3v) is 5.58. The molecule has 0 aliphatic heterocycles. The number of aryl methyl sites for hydroxylation is 1. The average molecular weight is 380 g/mol. The molecule has 1 aromatic rings. The van der Waals surface area contributed by atoms with E-state index in [-0.39, 0.29) is 0 Å². The van der Waals surface area contributed by atoms with Crippen LogP contribution in [-0.2, 0) is 6.42 Å². The van der Waals surface area contributed by atoms with Crippen LogP contribution in [0, 0.1) is 12.3 Å². The van der Waals surface area contributed by atoms with Crippen LogP contribution in [0.4, 0.5) is 0 Å². The van der Waals surface area contributed by atoms with Crippen molar-refractivity contribution in [2.24, 2.45) is 5.41 Å². The molecule has 0 radical (unpaired) electrons. The van der Waals surface area contributed by atoms with Crippen molar-refractivity contribution in [2.45, 2.75) is 65.8 Å². The Hall–Kier alpha value is -0.690. The third-order valence-electron chi connectivity index (χ3n) is 4.58. The quantitative estimate of drug-likeness (QED) is 0.352. The molecule has 2 nitrogen and oxygen atoms in total. The summed E-state index contributed by atoms with van der Waals surface area (Å²) >= 11 is 0. The van der Waals surface area contributed by atoms with Gasteiger partial charge >= 0.3 is 0 Å². The number of nitrogens with one attached hydrogen (secondary N) is 1. The molecule has 0 aromatic heterocycles. The first-order valence-corrected chi connectivity index (χ1v) is 11.7. The Morgan fingerprint density at radius 1 is 1.35 bits per heavy atom. The Balaban J connectivity index is 0.000000772. The lowest BCUT2D eigenvalue weighted by Gasteiger charge is -2.38. The molecule has 3 heteroatoms. The number of allylic oxidation sites excluding steroid dienone is 1. The van der Waals surface area contributed by atoms with Gasteiger partial charge in [-0.3, -0.25) is 0 Å². The maximum atomic E-state index is 7.00. The highest BCUT2D eigenvalue weighted by Crippen LogP contribution is 2.40. The average Bonchev–Trinajstić information content (AvgIpc) is 2.61. The molecule has 0 saturated heterocycles. The molecule has 26 heavy (non-hydrogen) atoms. The monoisotopic (exact) mass is 379 g/mol. The van der Waals surface area contributed by atoms with Crippen molar-refractivity contribution in [1.29, 1.82) is 0 Å². The van der Waals surface area contributed by atoms with E-state index in [4.69, 9.17) is 5.11 Å². The van der Waals surface area contributed by atoms with Gasteiger partial charge in [-0.15, -0.1) is 15.2 Å². The van der Waals surface area contributed by atoms with Crippen molar-refractivity contribution in [1.82, 2.24) is 5.32 Å². The van der Waals surface area contributed by atoms with Crippen molar-refractivity contribution >= 4 is 8.58 Å². The van der Waals surface area contributed by atoms with Crippen LogP contribution < -0.4 is 5.32 Å². The van der Waals surface area contributed by atoms with Crippen molar-refractivity contribution < 1.29 is 5.11 Å². The van der Waals surface area contributed by atoms with Crippen LogP contribution >= 0.6 is 8.58 Å². The molecule has 0 fully saturated rings. The van der Waals surface area contributed by atoms with E-state index in [1.807, 2.05) is 6.08 Å². The van der Waals surface area contributed by atoms with E-state index in [1.165, 1.54) is 48.5 Å². The first kappa shape index (κ1) is 25.3. The Labute approximate surface area is 164 Å². The number of hydrogen-bond acceptors (Lipinski definition) is 2. The molecule has 0 spiro atoms. The van der Waals surface area contributed by atoms with Gasteiger partial charge in [0, 0.05) is 13.2 Å².